The van der Waals surface area contributed by atoms with Gasteiger partial charge in [-0.05, 0) is 219 Å². The van der Waals surface area contributed by atoms with E-state index in [-0.39, 0.29) is 5.41 Å². The van der Waals surface area contributed by atoms with E-state index < -0.39 is 0 Å². The molecule has 6 heteroatoms. The van der Waals surface area contributed by atoms with E-state index in [0.717, 1.165) is 113 Å². The van der Waals surface area contributed by atoms with Gasteiger partial charge in [-0.1, -0.05) is 197 Å². The number of furan rings is 1. The first-order valence-corrected chi connectivity index (χ1v) is 33.0. The number of nitrogens with zero attached hydrogens (tertiary/aromatic N) is 4. The van der Waals surface area contributed by atoms with Gasteiger partial charge in [0.25, 0.3) is 0 Å². The molecule has 13 aromatic carbocycles. The van der Waals surface area contributed by atoms with Crippen molar-refractivity contribution in [2.45, 2.75) is 19.3 Å². The maximum atomic E-state index is 5.92. The Bertz CT molecular complexity index is 5360. The van der Waals surface area contributed by atoms with Crippen molar-refractivity contribution < 1.29 is 4.42 Å². The van der Waals surface area contributed by atoms with Gasteiger partial charge < -0.3 is 24.0 Å². The number of thiophene rings is 1. The van der Waals surface area contributed by atoms with Crippen LogP contribution >= 0.6 is 11.3 Å². The van der Waals surface area contributed by atoms with E-state index in [9.17, 15) is 0 Å². The minimum absolute atomic E-state index is 0.245. The first-order valence-electron chi connectivity index (χ1n) is 32.2. The Morgan fingerprint density at radius 2 is 0.747 bits per heavy atom. The molecule has 16 rings (SSSR count). The third kappa shape index (κ3) is 10.8. The van der Waals surface area contributed by atoms with Crippen LogP contribution in [0.5, 0.6) is 0 Å². The number of benzene rings is 13. The maximum Gasteiger partial charge on any atom is 0.133 e. The standard InChI is InChI=1S/C89H66N4OS/c1-6-60-27-35-70(36-28-60)91(72-39-32-64(33-40-72)63-19-12-9-13-20-63)78-53-67(54-79(57-78)92(71-37-29-61(7-2)30-38-71)75-43-47-86-66(52-75)49-50-94-86)65-34-48-87-83(55-65)82-46-42-77(59-88(82)95-87)93(76-41-45-81-80-44-31-62(8-3)51-84(80)89(4,5)85(81)58-76)74-26-18-25-73(56-74)90(68-21-14-10-15-22-68)69-23-16-11-17-24-69/h6-59H,1-3H2,4-5H3. The lowest BCUT2D eigenvalue weighted by molar-refractivity contribution is 0.616. The first-order chi connectivity index (χ1) is 46.7. The van der Waals surface area contributed by atoms with Crippen LogP contribution < -0.4 is 19.6 Å². The highest BCUT2D eigenvalue weighted by atomic mass is 32.1. The Hall–Kier alpha value is -12.0. The highest BCUT2D eigenvalue weighted by Gasteiger charge is 2.36. The molecule has 0 saturated carbocycles. The first kappa shape index (κ1) is 58.1. The number of anilines is 12. The summed E-state index contributed by atoms with van der Waals surface area (Å²) in [6.45, 7) is 17.0. The highest BCUT2D eigenvalue weighted by molar-refractivity contribution is 7.25. The molecular weight excluding hydrogens is 1170 g/mol. The van der Waals surface area contributed by atoms with Gasteiger partial charge in [0.05, 0.1) is 6.26 Å². The molecule has 95 heavy (non-hydrogen) atoms. The van der Waals surface area contributed by atoms with Crippen molar-refractivity contribution in [1.29, 1.82) is 0 Å². The van der Waals surface area contributed by atoms with Crippen molar-refractivity contribution in [1.82, 2.24) is 0 Å². The monoisotopic (exact) mass is 1240 g/mol. The predicted octanol–water partition coefficient (Wildman–Crippen LogP) is 26.2. The summed E-state index contributed by atoms with van der Waals surface area (Å²) in [6, 6.07) is 110. The second-order valence-corrected chi connectivity index (χ2v) is 25.9. The van der Waals surface area contributed by atoms with Gasteiger partial charge in [0.2, 0.25) is 0 Å². The Morgan fingerprint density at radius 1 is 0.305 bits per heavy atom. The van der Waals surface area contributed by atoms with Crippen LogP contribution in [0, 0.1) is 0 Å². The average molecular weight is 1240 g/mol. The van der Waals surface area contributed by atoms with Crippen molar-refractivity contribution in [2.75, 3.05) is 19.6 Å². The molecule has 1 aliphatic carbocycles. The normalized spacial score (nSPS) is 12.1. The minimum Gasteiger partial charge on any atom is -0.464 e. The fourth-order valence-electron chi connectivity index (χ4n) is 13.9. The molecule has 0 bridgehead atoms. The molecule has 0 radical (unpaired) electrons. The van der Waals surface area contributed by atoms with E-state index in [2.05, 4.69) is 350 Å². The molecule has 2 aromatic heterocycles. The average Bonchev–Trinajstić information content (AvgIpc) is 1.62. The molecular formula is C89H66N4OS. The van der Waals surface area contributed by atoms with Crippen molar-refractivity contribution >= 4 is 129 Å². The van der Waals surface area contributed by atoms with Crippen LogP contribution in [-0.2, 0) is 5.41 Å². The summed E-state index contributed by atoms with van der Waals surface area (Å²) in [7, 11) is 0. The van der Waals surface area contributed by atoms with Gasteiger partial charge in [-0.25, -0.2) is 0 Å². The minimum atomic E-state index is -0.245. The number of para-hydroxylation sites is 2. The van der Waals surface area contributed by atoms with Gasteiger partial charge in [0, 0.05) is 99.2 Å². The van der Waals surface area contributed by atoms with E-state index in [1.807, 2.05) is 35.6 Å². The SMILES string of the molecule is C=Cc1ccc(N(c2ccc(-c3ccccc3)cc2)c2cc(-c3ccc4sc5cc(N(c6cccc(N(c7ccccc7)c7ccccc7)c6)c6ccc7c(c6)C(C)(C)c6cc(C=C)ccc6-7)ccc5c4c3)cc(N(c3ccc(C=C)cc3)c3ccc4occc4c3)c2)cc1. The van der Waals surface area contributed by atoms with E-state index in [1.165, 1.54) is 48.0 Å². The fourth-order valence-corrected chi connectivity index (χ4v) is 15.0. The van der Waals surface area contributed by atoms with E-state index >= 15 is 0 Å². The molecule has 0 saturated heterocycles. The van der Waals surface area contributed by atoms with E-state index in [0.29, 0.717) is 0 Å². The smallest absolute Gasteiger partial charge is 0.133 e. The number of hydrogen-bond donors (Lipinski definition) is 0. The molecule has 2 heterocycles. The summed E-state index contributed by atoms with van der Waals surface area (Å²) in [5.41, 5.74) is 25.9. The van der Waals surface area contributed by atoms with Gasteiger partial charge in [-0.2, -0.15) is 0 Å². The molecule has 15 aromatic rings. The maximum absolute atomic E-state index is 5.92. The van der Waals surface area contributed by atoms with E-state index in [4.69, 9.17) is 4.42 Å². The summed E-state index contributed by atoms with van der Waals surface area (Å²) in [4.78, 5) is 9.51. The van der Waals surface area contributed by atoms with E-state index in [1.54, 1.807) is 6.26 Å². The highest BCUT2D eigenvalue weighted by Crippen LogP contribution is 2.53. The molecule has 5 nitrogen and oxygen atoms in total. The molecule has 454 valence electrons. The quantitative estimate of drug-likeness (QED) is 0.0905. The summed E-state index contributed by atoms with van der Waals surface area (Å²) in [6.07, 6.45) is 7.49. The zero-order valence-electron chi connectivity index (χ0n) is 52.9. The van der Waals surface area contributed by atoms with Crippen LogP contribution in [0.15, 0.2) is 334 Å². The second kappa shape index (κ2) is 24.3. The summed E-state index contributed by atoms with van der Waals surface area (Å²) < 4.78 is 8.33. The topological polar surface area (TPSA) is 26.1 Å². The van der Waals surface area contributed by atoms with Gasteiger partial charge in [-0.15, -0.1) is 11.3 Å². The fraction of sp³-hybridized carbons (Fsp3) is 0.0337. The molecule has 0 atom stereocenters. The third-order valence-electron chi connectivity index (χ3n) is 18.7. The van der Waals surface area contributed by atoms with Crippen LogP contribution in [0.3, 0.4) is 0 Å². The van der Waals surface area contributed by atoms with Gasteiger partial charge in [0.1, 0.15) is 5.58 Å². The number of rotatable bonds is 17. The van der Waals surface area contributed by atoms with Crippen LogP contribution in [0.2, 0.25) is 0 Å². The molecule has 0 amide bonds. The van der Waals surface area contributed by atoms with Crippen molar-refractivity contribution in [3.8, 4) is 33.4 Å². The molecule has 0 unspecified atom stereocenters. The Labute approximate surface area is 559 Å². The zero-order chi connectivity index (χ0) is 64.2. The lowest BCUT2D eigenvalue weighted by Crippen LogP contribution is -2.17. The lowest BCUT2D eigenvalue weighted by atomic mass is 9.82. The summed E-state index contributed by atoms with van der Waals surface area (Å²) >= 11 is 1.84. The van der Waals surface area contributed by atoms with Crippen molar-refractivity contribution in [2.24, 2.45) is 0 Å². The molecule has 0 fully saturated rings. The lowest BCUT2D eigenvalue weighted by Gasteiger charge is -2.30. The number of fused-ring (bicyclic) bond motifs is 7. The number of hydrogen-bond acceptors (Lipinski definition) is 6. The van der Waals surface area contributed by atoms with Crippen LogP contribution in [0.1, 0.15) is 41.7 Å². The van der Waals surface area contributed by atoms with Gasteiger partial charge in [0.15, 0.2) is 0 Å². The van der Waals surface area contributed by atoms with Crippen molar-refractivity contribution in [3.63, 3.8) is 0 Å². The van der Waals surface area contributed by atoms with Gasteiger partial charge in [-0.3, -0.25) is 0 Å². The Balaban J connectivity index is 0.863. The molecule has 1 aliphatic rings. The molecule has 0 N–H and O–H groups in total. The Morgan fingerprint density at radius 3 is 1.38 bits per heavy atom. The summed E-state index contributed by atoms with van der Waals surface area (Å²) in [5.74, 6) is 0. The third-order valence-corrected chi connectivity index (χ3v) is 19.9. The van der Waals surface area contributed by atoms with Crippen LogP contribution in [-0.4, -0.2) is 0 Å². The predicted molar refractivity (Wildman–Crippen MR) is 407 cm³/mol. The van der Waals surface area contributed by atoms with Gasteiger partial charge >= 0.3 is 0 Å². The molecule has 0 aliphatic heterocycles. The van der Waals surface area contributed by atoms with Crippen LogP contribution in [0.25, 0.3) is 82.8 Å². The largest absolute Gasteiger partial charge is 0.464 e. The second-order valence-electron chi connectivity index (χ2n) is 24.8. The molecule has 0 spiro atoms. The Kier molecular flexibility index (Phi) is 14.8. The summed E-state index contributed by atoms with van der Waals surface area (Å²) in [5, 5.41) is 3.41. The van der Waals surface area contributed by atoms with Crippen LogP contribution in [0.4, 0.5) is 68.2 Å². The van der Waals surface area contributed by atoms with Crippen molar-refractivity contribution in [3.05, 3.63) is 357 Å². The zero-order valence-corrected chi connectivity index (χ0v) is 53.7.